The van der Waals surface area contributed by atoms with E-state index in [4.69, 9.17) is 0 Å². The second-order valence-electron chi connectivity index (χ2n) is 9.68. The van der Waals surface area contributed by atoms with Crippen molar-refractivity contribution in [2.24, 2.45) is 0 Å². The largest absolute Gasteiger partial charge is 0.348 e. The number of aromatic nitrogens is 2. The van der Waals surface area contributed by atoms with E-state index < -0.39 is 6.03 Å². The van der Waals surface area contributed by atoms with Crippen molar-refractivity contribution >= 4 is 23.3 Å². The maximum absolute atomic E-state index is 13.4. The molecule has 2 heterocycles. The molecule has 1 aliphatic rings. The zero-order chi connectivity index (χ0) is 25.4. The molecule has 8 heteroatoms. The lowest BCUT2D eigenvalue weighted by molar-refractivity contribution is 0.0965. The molecule has 36 heavy (non-hydrogen) atoms. The highest BCUT2D eigenvalue weighted by atomic mass is 19.1. The van der Waals surface area contributed by atoms with Gasteiger partial charge in [-0.2, -0.15) is 5.10 Å². The molecule has 0 aliphatic carbocycles. The average molecular weight is 484 g/mol. The number of carbonyl (C=O) groups excluding carboxylic acids is 2. The van der Waals surface area contributed by atoms with E-state index >= 15 is 0 Å². The number of benzene rings is 3. The van der Waals surface area contributed by atoms with E-state index in [2.05, 4.69) is 21.0 Å². The van der Waals surface area contributed by atoms with Gasteiger partial charge in [-0.1, -0.05) is 24.3 Å². The van der Waals surface area contributed by atoms with Crippen LogP contribution in [0.4, 0.5) is 20.6 Å². The van der Waals surface area contributed by atoms with Gasteiger partial charge in [0.05, 0.1) is 11.2 Å². The Morgan fingerprint density at radius 1 is 0.944 bits per heavy atom. The summed E-state index contributed by atoms with van der Waals surface area (Å²) in [5.41, 5.74) is 5.69. The Labute approximate surface area is 208 Å². The summed E-state index contributed by atoms with van der Waals surface area (Å²) in [6.45, 7) is 6.53. The van der Waals surface area contributed by atoms with E-state index in [0.29, 0.717) is 34.7 Å². The number of urea groups is 1. The number of rotatable bonds is 4. The fourth-order valence-electron chi connectivity index (χ4n) is 4.17. The molecule has 182 valence electrons. The SMILES string of the molecule is CC(C)(C)n1cc(NC(=O)Nc2ccc(-c3cccc4c3CNC4=O)cc2)c(-c2ccc(F)cc2)n1. The van der Waals surface area contributed by atoms with Crippen LogP contribution in [0.1, 0.15) is 36.7 Å². The Hall–Kier alpha value is -4.46. The number of carbonyl (C=O) groups is 2. The third-order valence-corrected chi connectivity index (χ3v) is 6.07. The zero-order valence-electron chi connectivity index (χ0n) is 20.2. The van der Waals surface area contributed by atoms with Gasteiger partial charge in [0.1, 0.15) is 11.5 Å². The van der Waals surface area contributed by atoms with Gasteiger partial charge in [0, 0.05) is 29.6 Å². The number of hydrogen-bond donors (Lipinski definition) is 3. The monoisotopic (exact) mass is 483 g/mol. The summed E-state index contributed by atoms with van der Waals surface area (Å²) in [4.78, 5) is 24.8. The molecule has 0 fully saturated rings. The molecule has 1 aromatic heterocycles. The first-order valence-electron chi connectivity index (χ1n) is 11.6. The molecule has 5 rings (SSSR count). The average Bonchev–Trinajstić information content (AvgIpc) is 3.44. The van der Waals surface area contributed by atoms with Gasteiger partial charge >= 0.3 is 6.03 Å². The van der Waals surface area contributed by atoms with E-state index in [1.54, 1.807) is 23.0 Å². The fourth-order valence-corrected chi connectivity index (χ4v) is 4.17. The lowest BCUT2D eigenvalue weighted by Crippen LogP contribution is -2.22. The van der Waals surface area contributed by atoms with Gasteiger partial charge in [-0.05, 0) is 79.9 Å². The topological polar surface area (TPSA) is 88.0 Å². The van der Waals surface area contributed by atoms with Crippen LogP contribution in [0.15, 0.2) is 72.9 Å². The molecule has 0 radical (unpaired) electrons. The Balaban J connectivity index is 1.35. The van der Waals surface area contributed by atoms with Crippen molar-refractivity contribution in [3.63, 3.8) is 0 Å². The molecular formula is C28H26FN5O2. The summed E-state index contributed by atoms with van der Waals surface area (Å²) < 4.78 is 15.2. The first kappa shape index (κ1) is 23.3. The van der Waals surface area contributed by atoms with Crippen LogP contribution in [-0.4, -0.2) is 21.7 Å². The van der Waals surface area contributed by atoms with Gasteiger partial charge in [-0.15, -0.1) is 0 Å². The first-order chi connectivity index (χ1) is 17.2. The van der Waals surface area contributed by atoms with E-state index in [0.717, 1.165) is 16.7 Å². The number of halogens is 1. The smallest absolute Gasteiger partial charge is 0.323 e. The highest BCUT2D eigenvalue weighted by Gasteiger charge is 2.22. The maximum Gasteiger partial charge on any atom is 0.323 e. The predicted octanol–water partition coefficient (Wildman–Crippen LogP) is 6.00. The molecule has 0 saturated heterocycles. The summed E-state index contributed by atoms with van der Waals surface area (Å²) in [6, 6.07) is 18.7. The van der Waals surface area contributed by atoms with E-state index in [1.807, 2.05) is 63.2 Å². The molecule has 3 aromatic carbocycles. The van der Waals surface area contributed by atoms with Crippen molar-refractivity contribution < 1.29 is 14.0 Å². The second kappa shape index (κ2) is 8.96. The van der Waals surface area contributed by atoms with Gasteiger partial charge in [-0.25, -0.2) is 9.18 Å². The fraction of sp³-hybridized carbons (Fsp3) is 0.179. The van der Waals surface area contributed by atoms with Crippen LogP contribution in [0.2, 0.25) is 0 Å². The predicted molar refractivity (Wildman–Crippen MR) is 138 cm³/mol. The summed E-state index contributed by atoms with van der Waals surface area (Å²) in [6.07, 6.45) is 1.77. The lowest BCUT2D eigenvalue weighted by Gasteiger charge is -2.18. The van der Waals surface area contributed by atoms with Crippen LogP contribution in [0, 0.1) is 5.82 Å². The van der Waals surface area contributed by atoms with E-state index in [-0.39, 0.29) is 17.3 Å². The number of amides is 3. The van der Waals surface area contributed by atoms with Crippen molar-refractivity contribution in [1.29, 1.82) is 0 Å². The van der Waals surface area contributed by atoms with Crippen LogP contribution >= 0.6 is 0 Å². The Kier molecular flexibility index (Phi) is 5.80. The molecule has 1 aliphatic heterocycles. The second-order valence-corrected chi connectivity index (χ2v) is 9.68. The molecule has 0 bridgehead atoms. The zero-order valence-corrected chi connectivity index (χ0v) is 20.2. The molecule has 0 atom stereocenters. The molecular weight excluding hydrogens is 457 g/mol. The van der Waals surface area contributed by atoms with Crippen molar-refractivity contribution in [2.45, 2.75) is 32.9 Å². The molecule has 0 saturated carbocycles. The molecule has 0 spiro atoms. The van der Waals surface area contributed by atoms with Crippen molar-refractivity contribution in [3.8, 4) is 22.4 Å². The Morgan fingerprint density at radius 2 is 1.61 bits per heavy atom. The Morgan fingerprint density at radius 3 is 2.31 bits per heavy atom. The number of fused-ring (bicyclic) bond motifs is 1. The van der Waals surface area contributed by atoms with Gasteiger partial charge in [-0.3, -0.25) is 9.48 Å². The van der Waals surface area contributed by atoms with E-state index in [1.165, 1.54) is 12.1 Å². The number of hydrogen-bond acceptors (Lipinski definition) is 3. The summed E-state index contributed by atoms with van der Waals surface area (Å²) in [7, 11) is 0. The van der Waals surface area contributed by atoms with Crippen LogP contribution in [0.25, 0.3) is 22.4 Å². The molecule has 3 N–H and O–H groups in total. The quantitative estimate of drug-likeness (QED) is 0.333. The van der Waals surface area contributed by atoms with Gasteiger partial charge in [0.2, 0.25) is 0 Å². The third-order valence-electron chi connectivity index (χ3n) is 6.07. The van der Waals surface area contributed by atoms with Crippen LogP contribution < -0.4 is 16.0 Å². The molecule has 7 nitrogen and oxygen atoms in total. The van der Waals surface area contributed by atoms with Crippen molar-refractivity contribution in [1.82, 2.24) is 15.1 Å². The summed E-state index contributed by atoms with van der Waals surface area (Å²) in [5.74, 6) is -0.398. The number of nitrogens with zero attached hydrogens (tertiary/aromatic N) is 2. The Bertz CT molecular complexity index is 1450. The third kappa shape index (κ3) is 4.57. The van der Waals surface area contributed by atoms with Gasteiger partial charge < -0.3 is 16.0 Å². The van der Waals surface area contributed by atoms with E-state index in [9.17, 15) is 14.0 Å². The number of anilines is 2. The standard InChI is InChI=1S/C28H26FN5O2/c1-28(2,3)34-16-24(25(33-34)18-7-11-19(29)12-8-18)32-27(36)31-20-13-9-17(10-14-20)21-5-4-6-22-23(21)15-30-26(22)35/h4-14,16H,15H2,1-3H3,(H,30,35)(H2,31,32,36). The minimum atomic E-state index is -0.421. The van der Waals surface area contributed by atoms with Crippen LogP contribution in [-0.2, 0) is 12.1 Å². The van der Waals surface area contributed by atoms with Crippen molar-refractivity contribution in [3.05, 3.63) is 89.9 Å². The van der Waals surface area contributed by atoms with Crippen LogP contribution in [0.3, 0.4) is 0 Å². The minimum absolute atomic E-state index is 0.0587. The van der Waals surface area contributed by atoms with Crippen molar-refractivity contribution in [2.75, 3.05) is 10.6 Å². The maximum atomic E-state index is 13.4. The highest BCUT2D eigenvalue weighted by molar-refractivity contribution is 6.02. The minimum Gasteiger partial charge on any atom is -0.348 e. The van der Waals surface area contributed by atoms with Crippen LogP contribution in [0.5, 0.6) is 0 Å². The molecule has 3 amide bonds. The number of nitrogens with one attached hydrogen (secondary N) is 3. The normalized spacial score (nSPS) is 12.7. The molecule has 0 unspecified atom stereocenters. The molecule has 4 aromatic rings. The summed E-state index contributed by atoms with van der Waals surface area (Å²) >= 11 is 0. The lowest BCUT2D eigenvalue weighted by atomic mass is 9.97. The first-order valence-corrected chi connectivity index (χ1v) is 11.6. The van der Waals surface area contributed by atoms with Gasteiger partial charge in [0.15, 0.2) is 0 Å². The van der Waals surface area contributed by atoms with Gasteiger partial charge in [0.25, 0.3) is 5.91 Å². The highest BCUT2D eigenvalue weighted by Crippen LogP contribution is 2.31. The summed E-state index contributed by atoms with van der Waals surface area (Å²) in [5, 5.41) is 13.2.